The molecule has 0 unspecified atom stereocenters. The van der Waals surface area contributed by atoms with E-state index < -0.39 is 17.8 Å². The van der Waals surface area contributed by atoms with Crippen molar-refractivity contribution in [1.82, 2.24) is 10.2 Å². The lowest BCUT2D eigenvalue weighted by Crippen LogP contribution is -2.58. The van der Waals surface area contributed by atoms with Crippen molar-refractivity contribution >= 4 is 39.9 Å². The van der Waals surface area contributed by atoms with Crippen LogP contribution in [0.4, 0.5) is 4.79 Å². The number of carbonyl (C=O) groups excluding carboxylic acids is 3. The number of benzene rings is 1. The molecule has 144 valence electrons. The van der Waals surface area contributed by atoms with Crippen LogP contribution in [-0.2, 0) is 9.59 Å². The number of halogens is 1. The summed E-state index contributed by atoms with van der Waals surface area (Å²) >= 11 is 3.39. The van der Waals surface area contributed by atoms with Crippen molar-refractivity contribution in [3.63, 3.8) is 0 Å². The maximum atomic E-state index is 13.0. The summed E-state index contributed by atoms with van der Waals surface area (Å²) in [5, 5.41) is 2.28. The Bertz CT molecular complexity index is 815. The van der Waals surface area contributed by atoms with Crippen LogP contribution in [0.2, 0.25) is 0 Å². The van der Waals surface area contributed by atoms with Crippen LogP contribution < -0.4 is 14.8 Å². The molecule has 1 saturated heterocycles. The fourth-order valence-electron chi connectivity index (χ4n) is 3.49. The van der Waals surface area contributed by atoms with Gasteiger partial charge in [-0.2, -0.15) is 0 Å². The van der Waals surface area contributed by atoms with E-state index in [0.29, 0.717) is 21.5 Å². The van der Waals surface area contributed by atoms with Gasteiger partial charge < -0.3 is 9.47 Å². The average Bonchev–Trinajstić information content (AvgIpc) is 2.66. The molecule has 4 amide bonds. The normalized spacial score (nSPS) is 20.0. The third-order valence-electron chi connectivity index (χ3n) is 4.88. The Labute approximate surface area is 165 Å². The molecule has 3 rings (SSSR count). The van der Waals surface area contributed by atoms with Gasteiger partial charge in [-0.1, -0.05) is 19.3 Å². The lowest BCUT2D eigenvalue weighted by molar-refractivity contribution is -0.132. The van der Waals surface area contributed by atoms with Gasteiger partial charge in [-0.05, 0) is 40.9 Å². The van der Waals surface area contributed by atoms with Gasteiger partial charge >= 0.3 is 6.03 Å². The zero-order valence-corrected chi connectivity index (χ0v) is 16.8. The Kier molecular flexibility index (Phi) is 5.84. The van der Waals surface area contributed by atoms with E-state index in [1.54, 1.807) is 12.1 Å². The molecule has 1 aromatic rings. The van der Waals surface area contributed by atoms with Gasteiger partial charge in [0.05, 0.1) is 18.7 Å². The van der Waals surface area contributed by atoms with Crippen LogP contribution in [0.1, 0.15) is 37.7 Å². The number of ether oxygens (including phenoxy) is 2. The number of rotatable bonds is 4. The first kappa shape index (κ1) is 19.4. The summed E-state index contributed by atoms with van der Waals surface area (Å²) < 4.78 is 11.2. The zero-order valence-electron chi connectivity index (χ0n) is 15.2. The number of methoxy groups -OCH3 is 2. The molecule has 1 heterocycles. The number of amides is 4. The van der Waals surface area contributed by atoms with E-state index in [1.807, 2.05) is 0 Å². The summed E-state index contributed by atoms with van der Waals surface area (Å²) in [5.41, 5.74) is 0.442. The average molecular weight is 437 g/mol. The van der Waals surface area contributed by atoms with E-state index in [1.165, 1.54) is 25.2 Å². The third kappa shape index (κ3) is 3.85. The number of nitrogens with zero attached hydrogens (tertiary/aromatic N) is 1. The Hall–Kier alpha value is -2.35. The summed E-state index contributed by atoms with van der Waals surface area (Å²) in [6, 6.07) is 2.54. The van der Waals surface area contributed by atoms with Crippen LogP contribution in [0.5, 0.6) is 11.5 Å². The van der Waals surface area contributed by atoms with Crippen LogP contribution in [0, 0.1) is 0 Å². The second-order valence-electron chi connectivity index (χ2n) is 6.51. The van der Waals surface area contributed by atoms with Crippen molar-refractivity contribution < 1.29 is 23.9 Å². The van der Waals surface area contributed by atoms with Crippen LogP contribution in [0.15, 0.2) is 22.2 Å². The molecule has 0 spiro atoms. The van der Waals surface area contributed by atoms with Crippen molar-refractivity contribution in [2.24, 2.45) is 0 Å². The van der Waals surface area contributed by atoms with Gasteiger partial charge in [0.15, 0.2) is 0 Å². The van der Waals surface area contributed by atoms with Crippen LogP contribution in [-0.4, -0.2) is 43.0 Å². The molecule has 2 aliphatic rings. The van der Waals surface area contributed by atoms with Gasteiger partial charge in [0.2, 0.25) is 0 Å². The maximum absolute atomic E-state index is 13.0. The Morgan fingerprint density at radius 2 is 1.74 bits per heavy atom. The second-order valence-corrected chi connectivity index (χ2v) is 7.37. The lowest BCUT2D eigenvalue weighted by Gasteiger charge is -2.35. The number of hydrogen-bond donors (Lipinski definition) is 1. The van der Waals surface area contributed by atoms with Crippen molar-refractivity contribution in [2.75, 3.05) is 14.2 Å². The summed E-state index contributed by atoms with van der Waals surface area (Å²) in [4.78, 5) is 38.7. The van der Waals surface area contributed by atoms with Crippen LogP contribution in [0.3, 0.4) is 0 Å². The van der Waals surface area contributed by atoms with Crippen molar-refractivity contribution in [1.29, 1.82) is 0 Å². The lowest BCUT2D eigenvalue weighted by atomic mass is 9.93. The predicted molar refractivity (Wildman–Crippen MR) is 102 cm³/mol. The molecular weight excluding hydrogens is 416 g/mol. The van der Waals surface area contributed by atoms with Gasteiger partial charge in [0.25, 0.3) is 11.8 Å². The molecule has 1 aliphatic carbocycles. The highest BCUT2D eigenvalue weighted by molar-refractivity contribution is 9.10. The molecule has 7 nitrogen and oxygen atoms in total. The highest BCUT2D eigenvalue weighted by atomic mass is 79.9. The SMILES string of the molecule is COc1cc(OC)c(C=C2C(=O)NC(=O)N(C3CCCCC3)C2=O)cc1Br. The minimum Gasteiger partial charge on any atom is -0.496 e. The van der Waals surface area contributed by atoms with E-state index in [0.717, 1.165) is 32.1 Å². The first-order valence-corrected chi connectivity index (χ1v) is 9.57. The first-order valence-electron chi connectivity index (χ1n) is 8.78. The number of nitrogens with one attached hydrogen (secondary N) is 1. The zero-order chi connectivity index (χ0) is 19.6. The molecule has 1 N–H and O–H groups in total. The molecule has 2 fully saturated rings. The van der Waals surface area contributed by atoms with Gasteiger partial charge in [0.1, 0.15) is 17.1 Å². The van der Waals surface area contributed by atoms with E-state index >= 15 is 0 Å². The minimum atomic E-state index is -0.703. The summed E-state index contributed by atoms with van der Waals surface area (Å²) in [6.45, 7) is 0. The number of barbiturate groups is 1. The third-order valence-corrected chi connectivity index (χ3v) is 5.50. The molecule has 1 aliphatic heterocycles. The Balaban J connectivity index is 1.99. The summed E-state index contributed by atoms with van der Waals surface area (Å²) in [5.74, 6) is -0.257. The quantitative estimate of drug-likeness (QED) is 0.578. The standard InChI is InChI=1S/C19H21BrN2O5/c1-26-15-10-16(27-2)14(20)9-11(15)8-13-17(23)21-19(25)22(18(13)24)12-6-4-3-5-7-12/h8-10,12H,3-7H2,1-2H3,(H,21,23,25). The van der Waals surface area contributed by atoms with Crippen LogP contribution in [0.25, 0.3) is 6.08 Å². The van der Waals surface area contributed by atoms with Gasteiger partial charge in [-0.25, -0.2) is 4.79 Å². The highest BCUT2D eigenvalue weighted by Gasteiger charge is 2.40. The van der Waals surface area contributed by atoms with Gasteiger partial charge in [-0.3, -0.25) is 19.8 Å². The molecule has 27 heavy (non-hydrogen) atoms. The smallest absolute Gasteiger partial charge is 0.331 e. The van der Waals surface area contributed by atoms with E-state index in [-0.39, 0.29) is 11.6 Å². The number of carbonyl (C=O) groups is 3. The van der Waals surface area contributed by atoms with Gasteiger partial charge in [-0.15, -0.1) is 0 Å². The first-order chi connectivity index (χ1) is 13.0. The molecule has 0 aromatic heterocycles. The van der Waals surface area contributed by atoms with Crippen LogP contribution >= 0.6 is 15.9 Å². The monoisotopic (exact) mass is 436 g/mol. The molecule has 0 atom stereocenters. The van der Waals surface area contributed by atoms with E-state index in [2.05, 4.69) is 21.2 Å². The Morgan fingerprint density at radius 3 is 2.37 bits per heavy atom. The van der Waals surface area contributed by atoms with E-state index in [9.17, 15) is 14.4 Å². The second kappa shape index (κ2) is 8.12. The number of imide groups is 2. The summed E-state index contributed by atoms with van der Waals surface area (Å²) in [7, 11) is 3.02. The predicted octanol–water partition coefficient (Wildman–Crippen LogP) is 3.26. The number of hydrogen-bond acceptors (Lipinski definition) is 5. The van der Waals surface area contributed by atoms with Crippen molar-refractivity contribution in [3.8, 4) is 11.5 Å². The highest BCUT2D eigenvalue weighted by Crippen LogP contribution is 2.35. The fourth-order valence-corrected chi connectivity index (χ4v) is 4.02. The largest absolute Gasteiger partial charge is 0.496 e. The maximum Gasteiger partial charge on any atom is 0.331 e. The molecule has 1 aromatic carbocycles. The van der Waals surface area contributed by atoms with Crippen molar-refractivity contribution in [3.05, 3.63) is 27.7 Å². The molecular formula is C19H21BrN2O5. The topological polar surface area (TPSA) is 84.9 Å². The van der Waals surface area contributed by atoms with Gasteiger partial charge in [0, 0.05) is 17.7 Å². The molecule has 8 heteroatoms. The van der Waals surface area contributed by atoms with E-state index in [4.69, 9.17) is 9.47 Å². The van der Waals surface area contributed by atoms with Crippen molar-refractivity contribution in [2.45, 2.75) is 38.1 Å². The summed E-state index contributed by atoms with van der Waals surface area (Å²) in [6.07, 6.45) is 6.00. The minimum absolute atomic E-state index is 0.0875. The Morgan fingerprint density at radius 1 is 1.07 bits per heavy atom. The molecule has 0 bridgehead atoms. The fraction of sp³-hybridized carbons (Fsp3) is 0.421. The number of urea groups is 1. The molecule has 0 radical (unpaired) electrons. The molecule has 1 saturated carbocycles.